The van der Waals surface area contributed by atoms with Crippen molar-refractivity contribution in [2.45, 2.75) is 19.9 Å². The number of aromatic nitrogens is 1. The smallest absolute Gasteiger partial charge is 0.227 e. The van der Waals surface area contributed by atoms with Crippen molar-refractivity contribution < 1.29 is 14.5 Å². The molecule has 0 atom stereocenters. The van der Waals surface area contributed by atoms with Crippen LogP contribution in [0.5, 0.6) is 0 Å². The summed E-state index contributed by atoms with van der Waals surface area (Å²) in [5.74, 6) is 0.104. The van der Waals surface area contributed by atoms with E-state index in [4.69, 9.17) is 5.11 Å². The van der Waals surface area contributed by atoms with Crippen molar-refractivity contribution in [2.75, 3.05) is 6.61 Å². The first kappa shape index (κ1) is 14.9. The predicted octanol–water partition coefficient (Wildman–Crippen LogP) is 2.91. The Hall–Kier alpha value is -2.04. The molecule has 0 bridgehead atoms. The zero-order valence-electron chi connectivity index (χ0n) is 12.5. The van der Waals surface area contributed by atoms with Crippen molar-refractivity contribution in [1.82, 2.24) is 0 Å². The van der Waals surface area contributed by atoms with Crippen LogP contribution < -0.4 is 4.57 Å². The highest BCUT2D eigenvalue weighted by molar-refractivity contribution is 7.09. The first-order valence-corrected chi connectivity index (χ1v) is 8.16. The number of hydrogen-bond acceptors (Lipinski definition) is 3. The summed E-state index contributed by atoms with van der Waals surface area (Å²) in [6.45, 7) is 2.47. The van der Waals surface area contributed by atoms with E-state index in [0.29, 0.717) is 13.0 Å². The Morgan fingerprint density at radius 3 is 2.73 bits per heavy atom. The molecule has 3 nitrogen and oxygen atoms in total. The van der Waals surface area contributed by atoms with Crippen LogP contribution in [0.2, 0.25) is 0 Å². The van der Waals surface area contributed by atoms with E-state index in [0.717, 1.165) is 26.9 Å². The van der Waals surface area contributed by atoms with Crippen molar-refractivity contribution in [3.8, 4) is 0 Å². The van der Waals surface area contributed by atoms with Gasteiger partial charge in [-0.25, -0.2) is 0 Å². The molecule has 2 aromatic carbocycles. The van der Waals surface area contributed by atoms with E-state index in [1.54, 1.807) is 11.3 Å². The number of fused-ring (bicyclic) bond motifs is 1. The topological polar surface area (TPSA) is 41.2 Å². The summed E-state index contributed by atoms with van der Waals surface area (Å²) in [6.07, 6.45) is 0.646. The molecule has 3 rings (SSSR count). The number of Topliss-reactive ketones (excluding diaryl/α,β-unsaturated/α-hetero) is 1. The summed E-state index contributed by atoms with van der Waals surface area (Å²) in [5, 5.41) is 11.3. The van der Waals surface area contributed by atoms with Crippen molar-refractivity contribution in [3.63, 3.8) is 0 Å². The lowest BCUT2D eigenvalue weighted by molar-refractivity contribution is -0.684. The number of ketones is 1. The molecule has 0 unspecified atom stereocenters. The van der Waals surface area contributed by atoms with Gasteiger partial charge in [-0.3, -0.25) is 4.79 Å². The molecule has 1 heterocycles. The molecule has 112 valence electrons. The molecule has 22 heavy (non-hydrogen) atoms. The maximum atomic E-state index is 12.5. The number of carbonyl (C=O) groups is 1. The fraction of sp³-hybridized carbons (Fsp3) is 0.222. The fourth-order valence-corrected chi connectivity index (χ4v) is 3.54. The monoisotopic (exact) mass is 312 g/mol. The minimum Gasteiger partial charge on any atom is -0.396 e. The summed E-state index contributed by atoms with van der Waals surface area (Å²) < 4.78 is 1.97. The third-order valence-electron chi connectivity index (χ3n) is 3.88. The van der Waals surface area contributed by atoms with Gasteiger partial charge in [0.05, 0.1) is 4.88 Å². The van der Waals surface area contributed by atoms with Crippen LogP contribution in [-0.2, 0) is 13.0 Å². The second kappa shape index (κ2) is 6.38. The van der Waals surface area contributed by atoms with Crippen molar-refractivity contribution in [3.05, 3.63) is 64.1 Å². The number of thiazole rings is 1. The van der Waals surface area contributed by atoms with E-state index in [2.05, 4.69) is 0 Å². The van der Waals surface area contributed by atoms with Crippen LogP contribution in [0.3, 0.4) is 0 Å². The lowest BCUT2D eigenvalue weighted by atomic mass is 10.0. The number of hydrogen-bond donors (Lipinski definition) is 1. The van der Waals surface area contributed by atoms with Gasteiger partial charge in [0.15, 0.2) is 5.69 Å². The van der Waals surface area contributed by atoms with Crippen molar-refractivity contribution in [2.24, 2.45) is 0 Å². The first-order chi connectivity index (χ1) is 10.7. The molecule has 3 aromatic rings. The highest BCUT2D eigenvalue weighted by atomic mass is 32.1. The minimum absolute atomic E-state index is 0.104. The van der Waals surface area contributed by atoms with Crippen LogP contribution in [-0.4, -0.2) is 17.5 Å². The average molecular weight is 312 g/mol. The molecule has 0 saturated heterocycles. The van der Waals surface area contributed by atoms with E-state index in [1.165, 1.54) is 0 Å². The van der Waals surface area contributed by atoms with Crippen LogP contribution in [0.15, 0.2) is 48.0 Å². The van der Waals surface area contributed by atoms with E-state index >= 15 is 0 Å². The molecule has 0 amide bonds. The second-order valence-electron chi connectivity index (χ2n) is 5.32. The largest absolute Gasteiger partial charge is 0.396 e. The Kier molecular flexibility index (Phi) is 4.32. The van der Waals surface area contributed by atoms with Gasteiger partial charge in [0.2, 0.25) is 17.8 Å². The van der Waals surface area contributed by atoms with E-state index in [9.17, 15) is 4.79 Å². The van der Waals surface area contributed by atoms with Gasteiger partial charge in [0, 0.05) is 25.5 Å². The van der Waals surface area contributed by atoms with Crippen LogP contribution in [0.25, 0.3) is 10.8 Å². The second-order valence-corrected chi connectivity index (χ2v) is 6.26. The summed E-state index contributed by atoms with van der Waals surface area (Å²) in [4.78, 5) is 13.6. The minimum atomic E-state index is 0.104. The molecule has 1 N–H and O–H groups in total. The molecule has 0 spiro atoms. The molecule has 0 radical (unpaired) electrons. The Morgan fingerprint density at radius 2 is 1.95 bits per heavy atom. The number of aliphatic hydroxyl groups is 1. The zero-order valence-corrected chi connectivity index (χ0v) is 13.3. The van der Waals surface area contributed by atoms with Crippen LogP contribution in [0, 0.1) is 6.92 Å². The van der Waals surface area contributed by atoms with E-state index in [-0.39, 0.29) is 12.4 Å². The lowest BCUT2D eigenvalue weighted by Crippen LogP contribution is -2.38. The first-order valence-electron chi connectivity index (χ1n) is 7.28. The Bertz CT molecular complexity index is 823. The quantitative estimate of drug-likeness (QED) is 0.581. The third kappa shape index (κ3) is 2.93. The van der Waals surface area contributed by atoms with Gasteiger partial charge >= 0.3 is 0 Å². The Morgan fingerprint density at radius 1 is 1.18 bits per heavy atom. The van der Waals surface area contributed by atoms with Crippen molar-refractivity contribution >= 4 is 27.9 Å². The highest BCUT2D eigenvalue weighted by Gasteiger charge is 2.19. The number of benzene rings is 2. The van der Waals surface area contributed by atoms with Gasteiger partial charge in [-0.2, -0.15) is 4.57 Å². The standard InChI is InChI=1S/C18H18NO2S/c1-13-18(8-9-20)22-12-19(13)11-17(21)16-7-6-14-4-2-3-5-15(14)10-16/h2-7,10,12,20H,8-9,11H2,1H3/q+1. The van der Waals surface area contributed by atoms with Gasteiger partial charge in [-0.15, -0.1) is 0 Å². The third-order valence-corrected chi connectivity index (χ3v) is 5.02. The van der Waals surface area contributed by atoms with Gasteiger partial charge < -0.3 is 5.11 Å². The summed E-state index contributed by atoms with van der Waals surface area (Å²) in [6, 6.07) is 13.9. The molecular weight excluding hydrogens is 294 g/mol. The molecule has 0 fully saturated rings. The fourth-order valence-electron chi connectivity index (χ4n) is 2.56. The highest BCUT2D eigenvalue weighted by Crippen LogP contribution is 2.16. The zero-order chi connectivity index (χ0) is 15.5. The van der Waals surface area contributed by atoms with E-state index < -0.39 is 0 Å². The van der Waals surface area contributed by atoms with Gasteiger partial charge in [0.1, 0.15) is 0 Å². The predicted molar refractivity (Wildman–Crippen MR) is 88.3 cm³/mol. The van der Waals surface area contributed by atoms with Gasteiger partial charge in [-0.1, -0.05) is 47.7 Å². The van der Waals surface area contributed by atoms with Gasteiger partial charge in [-0.05, 0) is 16.8 Å². The maximum Gasteiger partial charge on any atom is 0.227 e. The Labute approximate surface area is 133 Å². The molecule has 0 aliphatic carbocycles. The van der Waals surface area contributed by atoms with E-state index in [1.807, 2.05) is 59.5 Å². The SMILES string of the molecule is Cc1c(CCO)sc[n+]1CC(=O)c1ccc2ccccc2c1. The maximum absolute atomic E-state index is 12.5. The van der Waals surface area contributed by atoms with Crippen molar-refractivity contribution in [1.29, 1.82) is 0 Å². The lowest BCUT2D eigenvalue weighted by Gasteiger charge is -2.01. The number of aliphatic hydroxyl groups excluding tert-OH is 1. The molecule has 4 heteroatoms. The summed E-state index contributed by atoms with van der Waals surface area (Å²) in [5.41, 5.74) is 3.76. The number of nitrogens with zero attached hydrogens (tertiary/aromatic N) is 1. The Balaban J connectivity index is 1.84. The summed E-state index contributed by atoms with van der Waals surface area (Å²) in [7, 11) is 0. The van der Waals surface area contributed by atoms with Crippen LogP contribution in [0.4, 0.5) is 0 Å². The summed E-state index contributed by atoms with van der Waals surface area (Å²) >= 11 is 1.59. The van der Waals surface area contributed by atoms with Gasteiger partial charge in [0.25, 0.3) is 0 Å². The molecular formula is C18H18NO2S+. The number of carbonyl (C=O) groups excluding carboxylic acids is 1. The average Bonchev–Trinajstić information content (AvgIpc) is 2.88. The molecule has 0 aliphatic heterocycles. The molecule has 0 saturated carbocycles. The molecule has 1 aromatic heterocycles. The van der Waals surface area contributed by atoms with Crippen LogP contribution >= 0.6 is 11.3 Å². The van der Waals surface area contributed by atoms with Crippen LogP contribution in [0.1, 0.15) is 20.9 Å². The molecule has 0 aliphatic rings. The number of rotatable bonds is 5. The normalized spacial score (nSPS) is 11.0.